The number of hydrogen-bond acceptors (Lipinski definition) is 5. The molecule has 1 rings (SSSR count). The average molecular weight is 214 g/mol. The highest BCUT2D eigenvalue weighted by atomic mass is 16.3. The number of rotatable bonds is 4. The first kappa shape index (κ1) is 11.8. The molecule has 15 heavy (non-hydrogen) atoms. The Morgan fingerprint density at radius 3 is 2.40 bits per heavy atom. The quantitative estimate of drug-likeness (QED) is 0.570. The summed E-state index contributed by atoms with van der Waals surface area (Å²) in [6, 6.07) is 0. The average Bonchev–Trinajstić information content (AvgIpc) is 2.54. The van der Waals surface area contributed by atoms with E-state index in [1.165, 1.54) is 0 Å². The van der Waals surface area contributed by atoms with Gasteiger partial charge in [-0.25, -0.2) is 4.90 Å². The van der Waals surface area contributed by atoms with Crippen LogP contribution in [0.2, 0.25) is 0 Å². The van der Waals surface area contributed by atoms with Crippen molar-refractivity contribution in [1.82, 2.24) is 4.90 Å². The molecular formula is C9H14N2O4. The summed E-state index contributed by atoms with van der Waals surface area (Å²) in [5.41, 5.74) is 5.22. The van der Waals surface area contributed by atoms with Crippen LogP contribution in [-0.4, -0.2) is 40.4 Å². The van der Waals surface area contributed by atoms with E-state index in [4.69, 9.17) is 5.73 Å². The molecule has 0 aromatic carbocycles. The largest absolute Gasteiger partial charge is 0.383 e. The number of likely N-dealkylation sites (tertiary alicyclic amines) is 1. The van der Waals surface area contributed by atoms with Crippen molar-refractivity contribution in [3.8, 4) is 0 Å². The molecular weight excluding hydrogens is 200 g/mol. The van der Waals surface area contributed by atoms with Crippen molar-refractivity contribution in [2.24, 2.45) is 5.73 Å². The van der Waals surface area contributed by atoms with Gasteiger partial charge in [-0.05, 0) is 19.4 Å². The second-order valence-electron chi connectivity index (χ2n) is 3.41. The van der Waals surface area contributed by atoms with Crippen molar-refractivity contribution in [3.05, 3.63) is 0 Å². The maximum Gasteiger partial charge on any atom is 0.264 e. The fraction of sp³-hybridized carbons (Fsp3) is 0.667. The molecule has 3 N–H and O–H groups in total. The number of carbonyl (C=O) groups excluding carboxylic acids is 3. The number of amides is 3. The third-order valence-corrected chi connectivity index (χ3v) is 2.24. The van der Waals surface area contributed by atoms with Gasteiger partial charge in [0.1, 0.15) is 6.10 Å². The summed E-state index contributed by atoms with van der Waals surface area (Å²) in [5, 5.41) is 9.39. The molecule has 1 saturated heterocycles. The lowest BCUT2D eigenvalue weighted by molar-refractivity contribution is -0.154. The number of nitrogens with two attached hydrogens (primary N) is 1. The molecule has 1 heterocycles. The van der Waals surface area contributed by atoms with Crippen LogP contribution in [-0.2, 0) is 14.4 Å². The van der Waals surface area contributed by atoms with Crippen molar-refractivity contribution in [2.75, 3.05) is 6.54 Å². The number of nitrogens with zero attached hydrogens (tertiary/aromatic N) is 1. The number of hydrogen-bond donors (Lipinski definition) is 2. The summed E-state index contributed by atoms with van der Waals surface area (Å²) in [6.07, 6.45) is -0.558. The molecule has 1 aliphatic rings. The van der Waals surface area contributed by atoms with E-state index in [1.807, 2.05) is 0 Å². The van der Waals surface area contributed by atoms with Crippen LogP contribution in [0, 0.1) is 0 Å². The summed E-state index contributed by atoms with van der Waals surface area (Å²) in [6.45, 7) is 0.353. The lowest BCUT2D eigenvalue weighted by atomic mass is 10.2. The predicted molar refractivity (Wildman–Crippen MR) is 50.4 cm³/mol. The SMILES string of the molecule is NCCC[C@H](O)C(=O)N1C(=O)CCC1=O. The minimum atomic E-state index is -1.31. The Hall–Kier alpha value is -1.27. The second-order valence-corrected chi connectivity index (χ2v) is 3.41. The molecule has 0 unspecified atom stereocenters. The molecule has 0 aromatic rings. The van der Waals surface area contributed by atoms with E-state index in [9.17, 15) is 19.5 Å². The molecule has 84 valence electrons. The lowest BCUT2D eigenvalue weighted by Gasteiger charge is -2.15. The van der Waals surface area contributed by atoms with Gasteiger partial charge in [-0.1, -0.05) is 0 Å². The van der Waals surface area contributed by atoms with Gasteiger partial charge in [-0.2, -0.15) is 0 Å². The normalized spacial score (nSPS) is 18.4. The highest BCUT2D eigenvalue weighted by molar-refractivity contribution is 6.15. The van der Waals surface area contributed by atoms with Crippen molar-refractivity contribution in [2.45, 2.75) is 31.8 Å². The molecule has 1 aliphatic heterocycles. The van der Waals surface area contributed by atoms with E-state index in [1.54, 1.807) is 0 Å². The van der Waals surface area contributed by atoms with Crippen LogP contribution >= 0.6 is 0 Å². The van der Waals surface area contributed by atoms with E-state index in [0.29, 0.717) is 17.9 Å². The highest BCUT2D eigenvalue weighted by Gasteiger charge is 2.37. The van der Waals surface area contributed by atoms with Crippen LogP contribution < -0.4 is 5.73 Å². The third kappa shape index (κ3) is 2.60. The Bertz CT molecular complexity index is 274. The van der Waals surface area contributed by atoms with Crippen LogP contribution in [0.5, 0.6) is 0 Å². The van der Waals surface area contributed by atoms with E-state index >= 15 is 0 Å². The Labute approximate surface area is 87.0 Å². The maximum absolute atomic E-state index is 11.5. The summed E-state index contributed by atoms with van der Waals surface area (Å²) < 4.78 is 0. The van der Waals surface area contributed by atoms with Crippen LogP contribution in [0.3, 0.4) is 0 Å². The van der Waals surface area contributed by atoms with E-state index in [-0.39, 0.29) is 19.3 Å². The van der Waals surface area contributed by atoms with Gasteiger partial charge < -0.3 is 10.8 Å². The molecule has 6 nitrogen and oxygen atoms in total. The topological polar surface area (TPSA) is 101 Å². The smallest absolute Gasteiger partial charge is 0.264 e. The monoisotopic (exact) mass is 214 g/mol. The molecule has 0 bridgehead atoms. The van der Waals surface area contributed by atoms with E-state index in [0.717, 1.165) is 0 Å². The summed E-state index contributed by atoms with van der Waals surface area (Å²) in [5.74, 6) is -1.88. The first-order chi connectivity index (χ1) is 7.07. The molecule has 1 fully saturated rings. The number of imide groups is 3. The molecule has 0 aromatic heterocycles. The number of aliphatic hydroxyl groups is 1. The van der Waals surface area contributed by atoms with E-state index in [2.05, 4.69) is 0 Å². The third-order valence-electron chi connectivity index (χ3n) is 2.24. The molecule has 0 radical (unpaired) electrons. The molecule has 0 aliphatic carbocycles. The molecule has 3 amide bonds. The van der Waals surface area contributed by atoms with Gasteiger partial charge in [0, 0.05) is 12.8 Å². The maximum atomic E-state index is 11.5. The highest BCUT2D eigenvalue weighted by Crippen LogP contribution is 2.14. The van der Waals surface area contributed by atoms with Crippen LogP contribution in [0.25, 0.3) is 0 Å². The van der Waals surface area contributed by atoms with Gasteiger partial charge in [-0.3, -0.25) is 14.4 Å². The molecule has 0 saturated carbocycles. The number of aliphatic hydroxyl groups excluding tert-OH is 1. The number of carbonyl (C=O) groups is 3. The summed E-state index contributed by atoms with van der Waals surface area (Å²) in [7, 11) is 0. The van der Waals surface area contributed by atoms with Gasteiger partial charge in [0.05, 0.1) is 0 Å². The lowest BCUT2D eigenvalue weighted by Crippen LogP contribution is -2.42. The van der Waals surface area contributed by atoms with Gasteiger partial charge in [0.25, 0.3) is 5.91 Å². The van der Waals surface area contributed by atoms with E-state index < -0.39 is 23.8 Å². The zero-order valence-corrected chi connectivity index (χ0v) is 8.31. The van der Waals surface area contributed by atoms with Gasteiger partial charge >= 0.3 is 0 Å². The summed E-state index contributed by atoms with van der Waals surface area (Å²) >= 11 is 0. The first-order valence-electron chi connectivity index (χ1n) is 4.85. The van der Waals surface area contributed by atoms with Gasteiger partial charge in [0.15, 0.2) is 0 Å². The Morgan fingerprint density at radius 1 is 1.40 bits per heavy atom. The fourth-order valence-corrected chi connectivity index (χ4v) is 1.41. The summed E-state index contributed by atoms with van der Waals surface area (Å²) in [4.78, 5) is 34.3. The predicted octanol–water partition coefficient (Wildman–Crippen LogP) is -1.24. The Morgan fingerprint density at radius 2 is 1.93 bits per heavy atom. The standard InChI is InChI=1S/C9H14N2O4/c10-5-1-2-6(12)9(15)11-7(13)3-4-8(11)14/h6,12H,1-5,10H2/t6-/m0/s1. The zero-order chi connectivity index (χ0) is 11.4. The first-order valence-corrected chi connectivity index (χ1v) is 4.85. The molecule has 0 spiro atoms. The minimum absolute atomic E-state index is 0.0498. The zero-order valence-electron chi connectivity index (χ0n) is 8.31. The van der Waals surface area contributed by atoms with Gasteiger partial charge in [0.2, 0.25) is 11.8 Å². The van der Waals surface area contributed by atoms with Crippen LogP contribution in [0.4, 0.5) is 0 Å². The van der Waals surface area contributed by atoms with Crippen molar-refractivity contribution in [1.29, 1.82) is 0 Å². The molecule has 6 heteroatoms. The van der Waals surface area contributed by atoms with Crippen LogP contribution in [0.15, 0.2) is 0 Å². The van der Waals surface area contributed by atoms with Crippen LogP contribution in [0.1, 0.15) is 25.7 Å². The van der Waals surface area contributed by atoms with Gasteiger partial charge in [-0.15, -0.1) is 0 Å². The Balaban J connectivity index is 2.59. The van der Waals surface area contributed by atoms with Crippen molar-refractivity contribution < 1.29 is 19.5 Å². The second kappa shape index (κ2) is 4.99. The fourth-order valence-electron chi connectivity index (χ4n) is 1.41. The Kier molecular flexibility index (Phi) is 3.93. The minimum Gasteiger partial charge on any atom is -0.383 e. The van der Waals surface area contributed by atoms with Crippen molar-refractivity contribution in [3.63, 3.8) is 0 Å². The molecule has 1 atom stereocenters. The van der Waals surface area contributed by atoms with Crippen molar-refractivity contribution >= 4 is 17.7 Å².